The van der Waals surface area contributed by atoms with E-state index in [2.05, 4.69) is 0 Å². The quantitative estimate of drug-likeness (QED) is 0.0362. The molecule has 4 aliphatic rings. The maximum Gasteiger partial charge on any atom is 0.309 e. The minimum Gasteiger partial charge on any atom is -0.465 e. The molecule has 0 aromatic rings. The SMILES string of the molecule is O=C(OCCCCCCCCCCCCCCCCC1CO1)C1CC2OC2CC1C(=O)OCCCCCCCCCCCCCCCCC1CO1. The van der Waals surface area contributed by atoms with Crippen LogP contribution >= 0.6 is 0 Å². The van der Waals surface area contributed by atoms with E-state index in [9.17, 15) is 9.59 Å². The summed E-state index contributed by atoms with van der Waals surface area (Å²) >= 11 is 0. The molecule has 3 heterocycles. The van der Waals surface area contributed by atoms with Crippen LogP contribution in [0.4, 0.5) is 0 Å². The molecule has 4 fully saturated rings. The molecule has 3 saturated heterocycles. The predicted molar refractivity (Wildman–Crippen MR) is 205 cm³/mol. The zero-order valence-electron chi connectivity index (χ0n) is 32.8. The summed E-state index contributed by atoms with van der Waals surface area (Å²) in [7, 11) is 0. The Morgan fingerprint density at radius 2 is 0.647 bits per heavy atom. The molecule has 0 spiro atoms. The van der Waals surface area contributed by atoms with Gasteiger partial charge in [0.1, 0.15) is 0 Å². The van der Waals surface area contributed by atoms with E-state index in [1.165, 1.54) is 167 Å². The number of carbonyl (C=O) groups is 2. The van der Waals surface area contributed by atoms with Gasteiger partial charge in [0.05, 0.1) is 62.7 Å². The first-order chi connectivity index (χ1) is 25.2. The maximum absolute atomic E-state index is 13.0. The molecule has 3 aliphatic heterocycles. The van der Waals surface area contributed by atoms with Crippen molar-refractivity contribution < 1.29 is 33.3 Å². The molecule has 0 aromatic carbocycles. The molecule has 4 rings (SSSR count). The maximum atomic E-state index is 13.0. The van der Waals surface area contributed by atoms with Crippen molar-refractivity contribution in [3.63, 3.8) is 0 Å². The summed E-state index contributed by atoms with van der Waals surface area (Å²) in [6.45, 7) is 2.93. The van der Waals surface area contributed by atoms with E-state index >= 15 is 0 Å². The molecule has 51 heavy (non-hydrogen) atoms. The Morgan fingerprint density at radius 3 is 0.922 bits per heavy atom. The molecule has 0 N–H and O–H groups in total. The standard InChI is InChI=1S/C44H78O7/c45-43(47-31-27-23-19-15-11-7-3-1-5-9-13-17-21-25-29-37-35-49-37)39-33-41-42(51-41)34-40(39)44(46)48-32-28-24-20-16-12-8-4-2-6-10-14-18-22-26-30-38-36-50-38/h37-42H,1-36H2. The molecule has 296 valence electrons. The highest BCUT2D eigenvalue weighted by atomic mass is 16.6. The van der Waals surface area contributed by atoms with Gasteiger partial charge in [-0.15, -0.1) is 0 Å². The smallest absolute Gasteiger partial charge is 0.309 e. The number of carbonyl (C=O) groups excluding carboxylic acids is 2. The van der Waals surface area contributed by atoms with Gasteiger partial charge in [0.15, 0.2) is 0 Å². The second kappa shape index (κ2) is 27.4. The predicted octanol–water partition coefficient (Wildman–Crippen LogP) is 11.4. The minimum absolute atomic E-state index is 0.117. The van der Waals surface area contributed by atoms with Crippen LogP contribution < -0.4 is 0 Å². The third kappa shape index (κ3) is 21.3. The fourth-order valence-electron chi connectivity index (χ4n) is 8.16. The van der Waals surface area contributed by atoms with Crippen LogP contribution in [0.5, 0.6) is 0 Å². The Labute approximate surface area is 312 Å². The van der Waals surface area contributed by atoms with Crippen LogP contribution in [0, 0.1) is 11.8 Å². The highest BCUT2D eigenvalue weighted by molar-refractivity contribution is 5.82. The second-order valence-electron chi connectivity index (χ2n) is 16.6. The van der Waals surface area contributed by atoms with Crippen LogP contribution in [0.2, 0.25) is 0 Å². The molecular formula is C44H78O7. The van der Waals surface area contributed by atoms with Crippen molar-refractivity contribution in [1.82, 2.24) is 0 Å². The van der Waals surface area contributed by atoms with E-state index in [0.717, 1.165) is 38.9 Å². The van der Waals surface area contributed by atoms with Crippen LogP contribution in [-0.4, -0.2) is 62.8 Å². The lowest BCUT2D eigenvalue weighted by atomic mass is 9.79. The fraction of sp³-hybridized carbons (Fsp3) is 0.955. The van der Waals surface area contributed by atoms with Crippen molar-refractivity contribution in [3.05, 3.63) is 0 Å². The fourth-order valence-corrected chi connectivity index (χ4v) is 8.16. The number of hydrogen-bond acceptors (Lipinski definition) is 7. The van der Waals surface area contributed by atoms with Gasteiger partial charge in [-0.05, 0) is 38.5 Å². The Kier molecular flexibility index (Phi) is 22.9. The molecule has 6 atom stereocenters. The van der Waals surface area contributed by atoms with Crippen LogP contribution in [0.1, 0.15) is 205 Å². The van der Waals surface area contributed by atoms with Crippen molar-refractivity contribution >= 4 is 11.9 Å². The number of rotatable bonds is 36. The normalized spacial score (nSPS) is 24.6. The first-order valence-electron chi connectivity index (χ1n) is 22.4. The lowest BCUT2D eigenvalue weighted by Crippen LogP contribution is -2.37. The third-order valence-electron chi connectivity index (χ3n) is 11.9. The molecule has 6 unspecified atom stereocenters. The van der Waals surface area contributed by atoms with Crippen LogP contribution in [-0.2, 0) is 33.3 Å². The zero-order chi connectivity index (χ0) is 35.6. The number of esters is 2. The van der Waals surface area contributed by atoms with E-state index in [0.29, 0.717) is 38.3 Å². The van der Waals surface area contributed by atoms with Crippen molar-refractivity contribution in [1.29, 1.82) is 0 Å². The Bertz CT molecular complexity index is 817. The summed E-state index contributed by atoms with van der Waals surface area (Å²) in [5.74, 6) is -1.30. The average Bonchev–Trinajstić information content (AvgIpc) is 4.00. The summed E-state index contributed by atoms with van der Waals surface area (Å²) in [5, 5.41) is 0. The summed E-state index contributed by atoms with van der Waals surface area (Å²) in [5.41, 5.74) is 0. The zero-order valence-corrected chi connectivity index (χ0v) is 32.8. The molecule has 1 saturated carbocycles. The summed E-state index contributed by atoms with van der Waals surface area (Å²) < 4.78 is 27.6. The Balaban J connectivity index is 0.882. The Hall–Kier alpha value is -1.18. The highest BCUT2D eigenvalue weighted by Crippen LogP contribution is 2.44. The number of fused-ring (bicyclic) bond motifs is 1. The largest absolute Gasteiger partial charge is 0.465 e. The second-order valence-corrected chi connectivity index (χ2v) is 16.6. The van der Waals surface area contributed by atoms with Gasteiger partial charge in [-0.25, -0.2) is 0 Å². The van der Waals surface area contributed by atoms with Gasteiger partial charge in [0, 0.05) is 0 Å². The number of epoxide rings is 3. The first kappa shape index (κ1) is 42.6. The highest BCUT2D eigenvalue weighted by Gasteiger charge is 2.53. The van der Waals surface area contributed by atoms with E-state index in [4.69, 9.17) is 23.7 Å². The molecule has 0 aromatic heterocycles. The van der Waals surface area contributed by atoms with Crippen LogP contribution in [0.15, 0.2) is 0 Å². The summed E-state index contributed by atoms with van der Waals surface area (Å²) in [6.07, 6.45) is 41.6. The monoisotopic (exact) mass is 719 g/mol. The van der Waals surface area contributed by atoms with Gasteiger partial charge in [-0.3, -0.25) is 9.59 Å². The van der Waals surface area contributed by atoms with Gasteiger partial charge >= 0.3 is 11.9 Å². The van der Waals surface area contributed by atoms with E-state index in [1.54, 1.807) is 0 Å². The molecule has 7 heteroatoms. The van der Waals surface area contributed by atoms with Gasteiger partial charge in [-0.1, -0.05) is 167 Å². The van der Waals surface area contributed by atoms with Crippen molar-refractivity contribution in [2.45, 2.75) is 230 Å². The minimum atomic E-state index is -0.420. The van der Waals surface area contributed by atoms with Crippen molar-refractivity contribution in [2.75, 3.05) is 26.4 Å². The number of hydrogen-bond donors (Lipinski definition) is 0. The Morgan fingerprint density at radius 1 is 0.392 bits per heavy atom. The third-order valence-corrected chi connectivity index (χ3v) is 11.9. The van der Waals surface area contributed by atoms with Gasteiger partial charge in [0.2, 0.25) is 0 Å². The lowest BCUT2D eigenvalue weighted by Gasteiger charge is -2.26. The molecule has 7 nitrogen and oxygen atoms in total. The van der Waals surface area contributed by atoms with Crippen LogP contribution in [0.25, 0.3) is 0 Å². The average molecular weight is 719 g/mol. The first-order valence-corrected chi connectivity index (χ1v) is 22.4. The van der Waals surface area contributed by atoms with Gasteiger partial charge < -0.3 is 23.7 Å². The summed E-state index contributed by atoms with van der Waals surface area (Å²) in [4.78, 5) is 26.0. The lowest BCUT2D eigenvalue weighted by molar-refractivity contribution is -0.162. The molecule has 0 amide bonds. The van der Waals surface area contributed by atoms with E-state index in [1.807, 2.05) is 0 Å². The molecule has 0 bridgehead atoms. The number of ether oxygens (including phenoxy) is 5. The van der Waals surface area contributed by atoms with Crippen molar-refractivity contribution in [2.24, 2.45) is 11.8 Å². The van der Waals surface area contributed by atoms with E-state index < -0.39 is 11.8 Å². The topological polar surface area (TPSA) is 90.2 Å². The molecular weight excluding hydrogens is 640 g/mol. The van der Waals surface area contributed by atoms with Gasteiger partial charge in [0.25, 0.3) is 0 Å². The molecule has 0 radical (unpaired) electrons. The van der Waals surface area contributed by atoms with Crippen LogP contribution in [0.3, 0.4) is 0 Å². The van der Waals surface area contributed by atoms with E-state index in [-0.39, 0.29) is 24.1 Å². The van der Waals surface area contributed by atoms with Gasteiger partial charge in [-0.2, -0.15) is 0 Å². The van der Waals surface area contributed by atoms with Crippen molar-refractivity contribution in [3.8, 4) is 0 Å². The molecule has 1 aliphatic carbocycles. The summed E-state index contributed by atoms with van der Waals surface area (Å²) in [6, 6.07) is 0. The number of unbranched alkanes of at least 4 members (excludes halogenated alkanes) is 26.